The highest BCUT2D eigenvalue weighted by atomic mass is 16.3. The van der Waals surface area contributed by atoms with Crippen LogP contribution in [0.3, 0.4) is 0 Å². The highest BCUT2D eigenvalue weighted by Crippen LogP contribution is 2.26. The topological polar surface area (TPSA) is 107 Å². The number of benzene rings is 1. The van der Waals surface area contributed by atoms with E-state index in [4.69, 9.17) is 10.2 Å². The van der Waals surface area contributed by atoms with Crippen molar-refractivity contribution in [3.63, 3.8) is 0 Å². The molecule has 25 heavy (non-hydrogen) atoms. The molecule has 3 heterocycles. The molecule has 2 amide bonds. The second-order valence-corrected chi connectivity index (χ2v) is 5.73. The zero-order chi connectivity index (χ0) is 17.7. The van der Waals surface area contributed by atoms with Gasteiger partial charge in [-0.15, -0.1) is 0 Å². The maximum absolute atomic E-state index is 12.4. The molecule has 4 rings (SSSR count). The van der Waals surface area contributed by atoms with Crippen molar-refractivity contribution in [2.45, 2.75) is 6.92 Å². The first-order valence-corrected chi connectivity index (χ1v) is 7.54. The third-order valence-electron chi connectivity index (χ3n) is 4.10. The summed E-state index contributed by atoms with van der Waals surface area (Å²) in [4.78, 5) is 36.0. The second-order valence-electron chi connectivity index (χ2n) is 5.73. The van der Waals surface area contributed by atoms with Crippen molar-refractivity contribution in [1.82, 2.24) is 9.88 Å². The van der Waals surface area contributed by atoms with Crippen LogP contribution in [0.4, 0.5) is 5.82 Å². The lowest BCUT2D eigenvalue weighted by Gasteiger charge is -2.12. The largest absolute Gasteiger partial charge is 0.461 e. The molecule has 124 valence electrons. The summed E-state index contributed by atoms with van der Waals surface area (Å²) in [5, 5.41) is 2.14. The van der Waals surface area contributed by atoms with Gasteiger partial charge in [0, 0.05) is 11.6 Å². The van der Waals surface area contributed by atoms with Crippen LogP contribution in [0.5, 0.6) is 0 Å². The molecule has 0 saturated heterocycles. The van der Waals surface area contributed by atoms with Crippen LogP contribution >= 0.6 is 0 Å². The van der Waals surface area contributed by atoms with E-state index in [1.807, 2.05) is 19.1 Å². The first-order chi connectivity index (χ1) is 12.0. The third kappa shape index (κ3) is 2.25. The summed E-state index contributed by atoms with van der Waals surface area (Å²) < 4.78 is 6.77. The van der Waals surface area contributed by atoms with Crippen molar-refractivity contribution in [2.75, 3.05) is 5.73 Å². The number of nitrogen functional groups attached to an aromatic ring is 1. The predicted octanol–water partition coefficient (Wildman–Crippen LogP) is 1.87. The van der Waals surface area contributed by atoms with Gasteiger partial charge in [-0.2, -0.15) is 0 Å². The number of aryl methyl sites for hydroxylation is 1. The van der Waals surface area contributed by atoms with E-state index in [1.54, 1.807) is 24.3 Å². The van der Waals surface area contributed by atoms with Gasteiger partial charge in [-0.3, -0.25) is 24.3 Å². The summed E-state index contributed by atoms with van der Waals surface area (Å²) in [6, 6.07) is 11.8. The van der Waals surface area contributed by atoms with E-state index >= 15 is 0 Å². The van der Waals surface area contributed by atoms with Crippen LogP contribution in [-0.2, 0) is 0 Å². The Kier molecular flexibility index (Phi) is 3.11. The van der Waals surface area contributed by atoms with E-state index in [-0.39, 0.29) is 16.9 Å². The van der Waals surface area contributed by atoms with Crippen molar-refractivity contribution in [2.24, 2.45) is 0 Å². The zero-order valence-corrected chi connectivity index (χ0v) is 13.2. The number of nitrogens with zero attached hydrogens (tertiary/aromatic N) is 1. The molecule has 0 spiro atoms. The van der Waals surface area contributed by atoms with Gasteiger partial charge in [-0.05, 0) is 43.3 Å². The van der Waals surface area contributed by atoms with E-state index in [0.29, 0.717) is 11.4 Å². The Morgan fingerprint density at radius 3 is 2.36 bits per heavy atom. The molecule has 0 atom stereocenters. The number of furan rings is 1. The van der Waals surface area contributed by atoms with E-state index in [2.05, 4.69) is 5.32 Å². The van der Waals surface area contributed by atoms with E-state index in [1.165, 1.54) is 4.57 Å². The number of aromatic nitrogens is 1. The van der Waals surface area contributed by atoms with Gasteiger partial charge in [-0.25, -0.2) is 0 Å². The molecule has 0 unspecified atom stereocenters. The molecule has 3 aromatic rings. The van der Waals surface area contributed by atoms with E-state index < -0.39 is 17.4 Å². The Morgan fingerprint density at radius 2 is 1.72 bits per heavy atom. The maximum Gasteiger partial charge on any atom is 0.262 e. The van der Waals surface area contributed by atoms with Crippen LogP contribution in [0.1, 0.15) is 26.5 Å². The van der Waals surface area contributed by atoms with Gasteiger partial charge in [0.2, 0.25) is 0 Å². The van der Waals surface area contributed by atoms with Crippen molar-refractivity contribution in [1.29, 1.82) is 0 Å². The minimum absolute atomic E-state index is 0.00595. The molecule has 7 nitrogen and oxygen atoms in total. The number of anilines is 1. The third-order valence-corrected chi connectivity index (χ3v) is 4.10. The fourth-order valence-corrected chi connectivity index (χ4v) is 2.91. The van der Waals surface area contributed by atoms with Gasteiger partial charge in [0.15, 0.2) is 0 Å². The van der Waals surface area contributed by atoms with Crippen LogP contribution in [0.25, 0.3) is 17.0 Å². The van der Waals surface area contributed by atoms with Gasteiger partial charge >= 0.3 is 0 Å². The highest BCUT2D eigenvalue weighted by Gasteiger charge is 2.31. The number of carbonyl (C=O) groups is 2. The maximum atomic E-state index is 12.4. The van der Waals surface area contributed by atoms with Crippen molar-refractivity contribution < 1.29 is 14.0 Å². The van der Waals surface area contributed by atoms with Crippen molar-refractivity contribution in [3.8, 4) is 17.0 Å². The van der Waals surface area contributed by atoms with Crippen LogP contribution in [0.15, 0.2) is 51.7 Å². The number of rotatable bonds is 2. The van der Waals surface area contributed by atoms with Crippen LogP contribution in [0, 0.1) is 6.92 Å². The summed E-state index contributed by atoms with van der Waals surface area (Å²) in [5.41, 5.74) is 6.89. The molecule has 0 radical (unpaired) electrons. The standard InChI is InChI=1S/C18H13N3O4/c1-9-2-7-13(25-9)10-3-5-11(6-4-10)21-14(22)8-12-15(16(21)19)18(24)20-17(12)23/h2-8H,19H2,1H3,(H,20,23,24). The van der Waals surface area contributed by atoms with Crippen molar-refractivity contribution in [3.05, 3.63) is 69.7 Å². The quantitative estimate of drug-likeness (QED) is 0.695. The normalized spacial score (nSPS) is 13.0. The smallest absolute Gasteiger partial charge is 0.262 e. The molecular weight excluding hydrogens is 322 g/mol. The fraction of sp³-hybridized carbons (Fsp3) is 0.0556. The van der Waals surface area contributed by atoms with Crippen LogP contribution < -0.4 is 16.6 Å². The molecule has 2 aromatic heterocycles. The number of fused-ring (bicyclic) bond motifs is 1. The predicted molar refractivity (Wildman–Crippen MR) is 90.7 cm³/mol. The molecule has 1 aromatic carbocycles. The minimum atomic E-state index is -0.612. The zero-order valence-electron chi connectivity index (χ0n) is 13.2. The Balaban J connectivity index is 1.83. The van der Waals surface area contributed by atoms with Gasteiger partial charge in [-0.1, -0.05) is 0 Å². The number of pyridine rings is 1. The fourth-order valence-electron chi connectivity index (χ4n) is 2.91. The highest BCUT2D eigenvalue weighted by molar-refractivity contribution is 6.23. The first-order valence-electron chi connectivity index (χ1n) is 7.54. The number of amides is 2. The Morgan fingerprint density at radius 1 is 1.00 bits per heavy atom. The lowest BCUT2D eigenvalue weighted by Crippen LogP contribution is -2.24. The monoisotopic (exact) mass is 335 g/mol. The van der Waals surface area contributed by atoms with Gasteiger partial charge in [0.1, 0.15) is 17.3 Å². The summed E-state index contributed by atoms with van der Waals surface area (Å²) in [7, 11) is 0. The summed E-state index contributed by atoms with van der Waals surface area (Å²) in [6.07, 6.45) is 0. The number of hydrogen-bond donors (Lipinski definition) is 2. The molecule has 1 aliphatic rings. The lowest BCUT2D eigenvalue weighted by molar-refractivity contribution is 0.0880. The Hall–Kier alpha value is -3.61. The molecule has 7 heteroatoms. The van der Waals surface area contributed by atoms with Gasteiger partial charge < -0.3 is 10.2 Å². The molecular formula is C18H13N3O4. The van der Waals surface area contributed by atoms with Gasteiger partial charge in [0.05, 0.1) is 16.8 Å². The Bertz CT molecular complexity index is 1090. The minimum Gasteiger partial charge on any atom is -0.461 e. The number of nitrogens with two attached hydrogens (primary N) is 1. The summed E-state index contributed by atoms with van der Waals surface area (Å²) >= 11 is 0. The van der Waals surface area contributed by atoms with Crippen LogP contribution in [-0.4, -0.2) is 16.4 Å². The van der Waals surface area contributed by atoms with Gasteiger partial charge in [0.25, 0.3) is 17.4 Å². The molecule has 0 fully saturated rings. The number of imide groups is 1. The average Bonchev–Trinajstić information content (AvgIpc) is 3.12. The summed E-state index contributed by atoms with van der Waals surface area (Å²) in [6.45, 7) is 1.86. The molecule has 0 aliphatic carbocycles. The van der Waals surface area contributed by atoms with E-state index in [9.17, 15) is 14.4 Å². The average molecular weight is 335 g/mol. The molecule has 1 aliphatic heterocycles. The first kappa shape index (κ1) is 14.9. The molecule has 0 saturated carbocycles. The molecule has 3 N–H and O–H groups in total. The molecule has 0 bridgehead atoms. The van der Waals surface area contributed by atoms with Crippen LogP contribution in [0.2, 0.25) is 0 Å². The second kappa shape index (κ2) is 5.20. The lowest BCUT2D eigenvalue weighted by atomic mass is 10.1. The van der Waals surface area contributed by atoms with Crippen molar-refractivity contribution >= 4 is 17.6 Å². The summed E-state index contributed by atoms with van der Waals surface area (Å²) in [5.74, 6) is 0.234. The number of hydrogen-bond acceptors (Lipinski definition) is 5. The number of carbonyl (C=O) groups excluding carboxylic acids is 2. The number of nitrogens with one attached hydrogen (secondary N) is 1. The SMILES string of the molecule is Cc1ccc(-c2ccc(-n3c(N)c4c(cc3=O)C(=O)NC4=O)cc2)o1. The van der Waals surface area contributed by atoms with E-state index in [0.717, 1.165) is 17.4 Å². The Labute approximate surface area is 141 Å².